The van der Waals surface area contributed by atoms with Gasteiger partial charge in [0.1, 0.15) is 30.0 Å². The van der Waals surface area contributed by atoms with Crippen molar-refractivity contribution in [2.75, 3.05) is 6.61 Å². The standard InChI is InChI=1S/C22H19FN4O3/c1-13-25-26-22(27(13)2)17-10-24-19-5-3-4-16(20(19)21(17)29)18(11-30-12-28)14-6-8-15(23)9-7-14/h3-10,12,17-18H,11H2,1-2H3. The Hall–Kier alpha value is -3.68. The molecule has 3 aromatic rings. The van der Waals surface area contributed by atoms with Crippen molar-refractivity contribution in [2.45, 2.75) is 18.8 Å². The van der Waals surface area contributed by atoms with Crippen LogP contribution >= 0.6 is 0 Å². The Kier molecular flexibility index (Phi) is 5.22. The summed E-state index contributed by atoms with van der Waals surface area (Å²) < 4.78 is 20.2. The van der Waals surface area contributed by atoms with Gasteiger partial charge in [0.15, 0.2) is 5.78 Å². The van der Waals surface area contributed by atoms with Gasteiger partial charge in [0, 0.05) is 24.7 Å². The number of carbonyl (C=O) groups excluding carboxylic acids is 2. The van der Waals surface area contributed by atoms with Gasteiger partial charge in [0.2, 0.25) is 0 Å². The largest absolute Gasteiger partial charge is 0.467 e. The molecule has 0 N–H and O–H groups in total. The Balaban J connectivity index is 1.82. The van der Waals surface area contributed by atoms with E-state index in [1.807, 2.05) is 6.92 Å². The topological polar surface area (TPSA) is 86.4 Å². The minimum Gasteiger partial charge on any atom is -0.467 e. The predicted octanol–water partition coefficient (Wildman–Crippen LogP) is 3.25. The molecule has 0 saturated carbocycles. The van der Waals surface area contributed by atoms with Crippen molar-refractivity contribution in [3.05, 3.63) is 76.6 Å². The molecule has 8 heteroatoms. The van der Waals surface area contributed by atoms with E-state index in [4.69, 9.17) is 4.74 Å². The number of aromatic nitrogens is 3. The molecule has 2 heterocycles. The molecule has 2 aromatic carbocycles. The van der Waals surface area contributed by atoms with Gasteiger partial charge in [0.25, 0.3) is 6.47 Å². The highest BCUT2D eigenvalue weighted by molar-refractivity contribution is 6.16. The molecule has 2 unspecified atom stereocenters. The fourth-order valence-corrected chi connectivity index (χ4v) is 3.68. The summed E-state index contributed by atoms with van der Waals surface area (Å²) >= 11 is 0. The normalized spacial score (nSPS) is 16.2. The number of benzene rings is 2. The molecule has 0 saturated heterocycles. The average molecular weight is 406 g/mol. The molecule has 7 nitrogen and oxygen atoms in total. The van der Waals surface area contributed by atoms with Crippen LogP contribution in [0.4, 0.5) is 10.1 Å². The first kappa shape index (κ1) is 19.6. The van der Waals surface area contributed by atoms with E-state index >= 15 is 0 Å². The minimum absolute atomic E-state index is 0.0102. The zero-order chi connectivity index (χ0) is 21.3. The summed E-state index contributed by atoms with van der Waals surface area (Å²) in [5.41, 5.74) is 2.35. The molecule has 152 valence electrons. The van der Waals surface area contributed by atoms with Crippen LogP contribution in [0.5, 0.6) is 0 Å². The molecule has 0 radical (unpaired) electrons. The summed E-state index contributed by atoms with van der Waals surface area (Å²) in [4.78, 5) is 28.9. The van der Waals surface area contributed by atoms with Gasteiger partial charge in [-0.2, -0.15) is 0 Å². The Labute approximate surface area is 172 Å². The lowest BCUT2D eigenvalue weighted by Crippen LogP contribution is -2.24. The zero-order valence-electron chi connectivity index (χ0n) is 16.4. The Morgan fingerprint density at radius 2 is 1.97 bits per heavy atom. The first-order valence-corrected chi connectivity index (χ1v) is 9.39. The number of nitrogens with zero attached hydrogens (tertiary/aromatic N) is 4. The molecule has 1 aliphatic rings. The van der Waals surface area contributed by atoms with E-state index in [2.05, 4.69) is 15.2 Å². The summed E-state index contributed by atoms with van der Waals surface area (Å²) in [6, 6.07) is 11.3. The lowest BCUT2D eigenvalue weighted by atomic mass is 9.83. The van der Waals surface area contributed by atoms with Gasteiger partial charge >= 0.3 is 0 Å². The van der Waals surface area contributed by atoms with E-state index in [9.17, 15) is 14.0 Å². The van der Waals surface area contributed by atoms with Gasteiger partial charge in [-0.3, -0.25) is 14.6 Å². The summed E-state index contributed by atoms with van der Waals surface area (Å²) in [6.07, 6.45) is 1.58. The van der Waals surface area contributed by atoms with Crippen molar-refractivity contribution < 1.29 is 18.7 Å². The van der Waals surface area contributed by atoms with Gasteiger partial charge in [-0.1, -0.05) is 24.3 Å². The SMILES string of the molecule is Cc1nnc(C2C=Nc3cccc(C(COC=O)c4ccc(F)cc4)c3C2=O)n1C. The maximum absolute atomic E-state index is 13.5. The second kappa shape index (κ2) is 7.98. The number of hydrogen-bond acceptors (Lipinski definition) is 6. The third kappa shape index (κ3) is 3.41. The first-order chi connectivity index (χ1) is 14.5. The summed E-state index contributed by atoms with van der Waals surface area (Å²) in [5.74, 6) is -0.472. The number of fused-ring (bicyclic) bond motifs is 1. The molecular formula is C22H19FN4O3. The lowest BCUT2D eigenvalue weighted by molar-refractivity contribution is -0.128. The number of carbonyl (C=O) groups is 2. The second-order valence-electron chi connectivity index (χ2n) is 7.06. The van der Waals surface area contributed by atoms with Crippen LogP contribution in [0.15, 0.2) is 47.5 Å². The Morgan fingerprint density at radius 3 is 2.63 bits per heavy atom. The van der Waals surface area contributed by atoms with Gasteiger partial charge < -0.3 is 9.30 Å². The Morgan fingerprint density at radius 1 is 1.20 bits per heavy atom. The molecule has 0 spiro atoms. The van der Waals surface area contributed by atoms with Crippen molar-refractivity contribution in [1.29, 1.82) is 0 Å². The summed E-state index contributed by atoms with van der Waals surface area (Å²) in [7, 11) is 1.80. The van der Waals surface area contributed by atoms with Crippen LogP contribution in [0.25, 0.3) is 0 Å². The maximum atomic E-state index is 13.5. The third-order valence-corrected chi connectivity index (χ3v) is 5.35. The molecule has 0 amide bonds. The highest BCUT2D eigenvalue weighted by Crippen LogP contribution is 2.38. The zero-order valence-corrected chi connectivity index (χ0v) is 16.4. The van der Waals surface area contributed by atoms with Crippen molar-refractivity contribution in [1.82, 2.24) is 14.8 Å². The fraction of sp³-hybridized carbons (Fsp3) is 0.227. The van der Waals surface area contributed by atoms with Crippen LogP contribution in [-0.2, 0) is 16.6 Å². The smallest absolute Gasteiger partial charge is 0.293 e. The van der Waals surface area contributed by atoms with E-state index < -0.39 is 11.8 Å². The number of rotatable bonds is 6. The number of ketones is 1. The van der Waals surface area contributed by atoms with Gasteiger partial charge in [-0.25, -0.2) is 4.39 Å². The molecule has 0 aliphatic carbocycles. The number of ether oxygens (including phenoxy) is 1. The van der Waals surface area contributed by atoms with Gasteiger partial charge in [-0.15, -0.1) is 10.2 Å². The van der Waals surface area contributed by atoms with Crippen molar-refractivity contribution >= 4 is 24.2 Å². The summed E-state index contributed by atoms with van der Waals surface area (Å²) in [5, 5.41) is 8.18. The quantitative estimate of drug-likeness (QED) is 0.587. The number of hydrogen-bond donors (Lipinski definition) is 0. The molecule has 1 aliphatic heterocycles. The van der Waals surface area contributed by atoms with Gasteiger partial charge in [-0.05, 0) is 36.2 Å². The molecule has 1 aromatic heterocycles. The summed E-state index contributed by atoms with van der Waals surface area (Å²) in [6.45, 7) is 2.18. The van der Waals surface area contributed by atoms with Gasteiger partial charge in [0.05, 0.1) is 5.69 Å². The van der Waals surface area contributed by atoms with Crippen LogP contribution in [0.2, 0.25) is 0 Å². The van der Waals surface area contributed by atoms with Crippen LogP contribution < -0.4 is 0 Å². The monoisotopic (exact) mass is 406 g/mol. The molecule has 2 atom stereocenters. The van der Waals surface area contributed by atoms with E-state index in [0.29, 0.717) is 34.9 Å². The van der Waals surface area contributed by atoms with E-state index in [-0.39, 0.29) is 18.2 Å². The van der Waals surface area contributed by atoms with E-state index in [0.717, 1.165) is 5.56 Å². The average Bonchev–Trinajstić information content (AvgIpc) is 3.08. The van der Waals surface area contributed by atoms with Crippen LogP contribution in [-0.4, -0.2) is 39.8 Å². The number of aryl methyl sites for hydroxylation is 1. The Bertz CT molecular complexity index is 1140. The highest BCUT2D eigenvalue weighted by Gasteiger charge is 2.34. The number of Topliss-reactive ketones (excluding diaryl/α,β-unsaturated/α-hetero) is 1. The van der Waals surface area contributed by atoms with E-state index in [1.165, 1.54) is 12.1 Å². The second-order valence-corrected chi connectivity index (χ2v) is 7.06. The van der Waals surface area contributed by atoms with Crippen molar-refractivity contribution in [3.8, 4) is 0 Å². The third-order valence-electron chi connectivity index (χ3n) is 5.35. The molecule has 0 fully saturated rings. The molecule has 4 rings (SSSR count). The fourth-order valence-electron chi connectivity index (χ4n) is 3.68. The van der Waals surface area contributed by atoms with Crippen LogP contribution in [0, 0.1) is 12.7 Å². The highest BCUT2D eigenvalue weighted by atomic mass is 19.1. The number of halogens is 1. The van der Waals surface area contributed by atoms with E-state index in [1.54, 1.807) is 48.2 Å². The lowest BCUT2D eigenvalue weighted by Gasteiger charge is -2.24. The molecule has 0 bridgehead atoms. The molecular weight excluding hydrogens is 387 g/mol. The van der Waals surface area contributed by atoms with Crippen molar-refractivity contribution in [2.24, 2.45) is 12.0 Å². The number of aliphatic imine (C=N–C) groups is 1. The minimum atomic E-state index is -0.675. The molecule has 30 heavy (non-hydrogen) atoms. The predicted molar refractivity (Wildman–Crippen MR) is 108 cm³/mol. The van der Waals surface area contributed by atoms with Crippen LogP contribution in [0.1, 0.15) is 45.0 Å². The van der Waals surface area contributed by atoms with Crippen LogP contribution in [0.3, 0.4) is 0 Å². The van der Waals surface area contributed by atoms with Crippen molar-refractivity contribution in [3.63, 3.8) is 0 Å². The first-order valence-electron chi connectivity index (χ1n) is 9.39. The maximum Gasteiger partial charge on any atom is 0.293 e.